The minimum absolute atomic E-state index is 0.0271. The molecule has 0 spiro atoms. The molecule has 1 aliphatic heterocycles. The Kier molecular flexibility index (Phi) is 5.14. The summed E-state index contributed by atoms with van der Waals surface area (Å²) in [6.45, 7) is 5.54. The molecule has 122 valence electrons. The Morgan fingerprint density at radius 2 is 2.18 bits per heavy atom. The Hall–Kier alpha value is -0.940. The van der Waals surface area contributed by atoms with E-state index >= 15 is 0 Å². The van der Waals surface area contributed by atoms with Crippen LogP contribution in [0.1, 0.15) is 74.0 Å². The predicted molar refractivity (Wildman–Crippen MR) is 88.2 cm³/mol. The molecule has 0 N–H and O–H groups in total. The molecule has 0 bridgehead atoms. The highest BCUT2D eigenvalue weighted by atomic mass is 32.1. The highest BCUT2D eigenvalue weighted by Crippen LogP contribution is 2.36. The zero-order valence-electron chi connectivity index (χ0n) is 13.6. The van der Waals surface area contributed by atoms with Gasteiger partial charge in [0, 0.05) is 24.6 Å². The molecule has 1 aromatic rings. The summed E-state index contributed by atoms with van der Waals surface area (Å²) in [6, 6.07) is 0.449. The third-order valence-corrected chi connectivity index (χ3v) is 6.02. The van der Waals surface area contributed by atoms with E-state index in [1.807, 2.05) is 19.2 Å². The van der Waals surface area contributed by atoms with Crippen LogP contribution in [0.5, 0.6) is 0 Å². The number of rotatable bonds is 5. The first kappa shape index (κ1) is 15.9. The SMILES string of the molecule is CCO[C@@H](C)c1nc(C(=O)N2CCC[C@H]2C2CCCC2)cs1. The smallest absolute Gasteiger partial charge is 0.273 e. The summed E-state index contributed by atoms with van der Waals surface area (Å²) in [5.41, 5.74) is 0.608. The molecule has 0 unspecified atom stereocenters. The average molecular weight is 322 g/mol. The molecule has 3 rings (SSSR count). The Morgan fingerprint density at radius 3 is 2.91 bits per heavy atom. The van der Waals surface area contributed by atoms with E-state index in [4.69, 9.17) is 4.74 Å². The number of ether oxygens (including phenoxy) is 1. The van der Waals surface area contributed by atoms with Gasteiger partial charge in [0.15, 0.2) is 0 Å². The molecule has 5 heteroatoms. The van der Waals surface area contributed by atoms with Crippen molar-refractivity contribution in [1.29, 1.82) is 0 Å². The largest absolute Gasteiger partial charge is 0.372 e. The van der Waals surface area contributed by atoms with Gasteiger partial charge in [-0.05, 0) is 45.4 Å². The number of hydrogen-bond acceptors (Lipinski definition) is 4. The molecule has 2 aliphatic rings. The molecule has 4 nitrogen and oxygen atoms in total. The van der Waals surface area contributed by atoms with Crippen molar-refractivity contribution in [1.82, 2.24) is 9.88 Å². The van der Waals surface area contributed by atoms with E-state index in [0.717, 1.165) is 18.0 Å². The van der Waals surface area contributed by atoms with E-state index in [0.29, 0.717) is 24.3 Å². The minimum atomic E-state index is -0.0271. The molecule has 2 heterocycles. The predicted octanol–water partition coefficient (Wildman–Crippen LogP) is 4.04. The van der Waals surface area contributed by atoms with Crippen molar-refractivity contribution in [3.63, 3.8) is 0 Å². The highest BCUT2D eigenvalue weighted by Gasteiger charge is 2.36. The van der Waals surface area contributed by atoms with Crippen LogP contribution in [0.25, 0.3) is 0 Å². The van der Waals surface area contributed by atoms with Gasteiger partial charge in [-0.1, -0.05) is 12.8 Å². The van der Waals surface area contributed by atoms with Crippen LogP contribution in [-0.4, -0.2) is 35.0 Å². The zero-order valence-corrected chi connectivity index (χ0v) is 14.4. The molecule has 22 heavy (non-hydrogen) atoms. The number of carbonyl (C=O) groups is 1. The summed E-state index contributed by atoms with van der Waals surface area (Å²) < 4.78 is 5.57. The van der Waals surface area contributed by atoms with Crippen LogP contribution in [-0.2, 0) is 4.74 Å². The Morgan fingerprint density at radius 1 is 1.41 bits per heavy atom. The van der Waals surface area contributed by atoms with Gasteiger partial charge in [-0.2, -0.15) is 0 Å². The van der Waals surface area contributed by atoms with E-state index in [1.54, 1.807) is 0 Å². The molecule has 2 fully saturated rings. The number of nitrogens with zero attached hydrogens (tertiary/aromatic N) is 2. The molecule has 1 saturated carbocycles. The maximum atomic E-state index is 12.8. The van der Waals surface area contributed by atoms with Crippen molar-refractivity contribution in [2.45, 2.75) is 64.5 Å². The van der Waals surface area contributed by atoms with Gasteiger partial charge in [-0.15, -0.1) is 11.3 Å². The van der Waals surface area contributed by atoms with Gasteiger partial charge in [0.2, 0.25) is 0 Å². The first-order valence-corrected chi connectivity index (χ1v) is 9.46. The number of amides is 1. The first-order valence-electron chi connectivity index (χ1n) is 8.58. The fourth-order valence-corrected chi connectivity index (χ4v) is 4.71. The van der Waals surface area contributed by atoms with Crippen molar-refractivity contribution in [2.75, 3.05) is 13.2 Å². The van der Waals surface area contributed by atoms with E-state index in [1.165, 1.54) is 43.4 Å². The summed E-state index contributed by atoms with van der Waals surface area (Å²) in [7, 11) is 0. The first-order chi connectivity index (χ1) is 10.7. The van der Waals surface area contributed by atoms with Crippen molar-refractivity contribution < 1.29 is 9.53 Å². The van der Waals surface area contributed by atoms with Gasteiger partial charge in [-0.25, -0.2) is 4.98 Å². The van der Waals surface area contributed by atoms with Gasteiger partial charge < -0.3 is 9.64 Å². The number of thiazole rings is 1. The number of aromatic nitrogens is 1. The average Bonchev–Trinajstić information content (AvgIpc) is 3.25. The molecule has 0 aromatic carbocycles. The lowest BCUT2D eigenvalue weighted by molar-refractivity contribution is 0.0676. The maximum absolute atomic E-state index is 12.8. The third kappa shape index (κ3) is 3.20. The fourth-order valence-electron chi connectivity index (χ4n) is 3.92. The Labute approximate surface area is 136 Å². The van der Waals surface area contributed by atoms with Crippen molar-refractivity contribution >= 4 is 17.2 Å². The summed E-state index contributed by atoms with van der Waals surface area (Å²) >= 11 is 1.53. The van der Waals surface area contributed by atoms with E-state index < -0.39 is 0 Å². The van der Waals surface area contributed by atoms with Crippen LogP contribution in [0.15, 0.2) is 5.38 Å². The van der Waals surface area contributed by atoms with Crippen LogP contribution in [0, 0.1) is 5.92 Å². The number of hydrogen-bond donors (Lipinski definition) is 0. The molecule has 1 aromatic heterocycles. The third-order valence-electron chi connectivity index (χ3n) is 5.01. The highest BCUT2D eigenvalue weighted by molar-refractivity contribution is 7.09. The molecular weight excluding hydrogens is 296 g/mol. The second-order valence-corrected chi connectivity index (χ2v) is 7.31. The van der Waals surface area contributed by atoms with Gasteiger partial charge >= 0.3 is 0 Å². The topological polar surface area (TPSA) is 42.4 Å². The van der Waals surface area contributed by atoms with Gasteiger partial charge in [0.25, 0.3) is 5.91 Å². The Bertz CT molecular complexity index is 511. The van der Waals surface area contributed by atoms with Crippen molar-refractivity contribution in [3.8, 4) is 0 Å². The van der Waals surface area contributed by atoms with E-state index in [9.17, 15) is 4.79 Å². The lowest BCUT2D eigenvalue weighted by atomic mass is 9.96. The second kappa shape index (κ2) is 7.09. The molecule has 0 radical (unpaired) electrons. The molecule has 1 aliphatic carbocycles. The van der Waals surface area contributed by atoms with E-state index in [2.05, 4.69) is 9.88 Å². The molecular formula is C17H26N2O2S. The van der Waals surface area contributed by atoms with Crippen LogP contribution < -0.4 is 0 Å². The molecule has 2 atom stereocenters. The maximum Gasteiger partial charge on any atom is 0.273 e. The van der Waals surface area contributed by atoms with Crippen LogP contribution >= 0.6 is 11.3 Å². The normalized spacial score (nSPS) is 24.1. The van der Waals surface area contributed by atoms with Crippen LogP contribution in [0.4, 0.5) is 0 Å². The lowest BCUT2D eigenvalue weighted by Gasteiger charge is -2.28. The van der Waals surface area contributed by atoms with Gasteiger partial charge in [-0.3, -0.25) is 4.79 Å². The fraction of sp³-hybridized carbons (Fsp3) is 0.765. The van der Waals surface area contributed by atoms with Crippen LogP contribution in [0.3, 0.4) is 0 Å². The lowest BCUT2D eigenvalue weighted by Crippen LogP contribution is -2.39. The number of carbonyl (C=O) groups excluding carboxylic acids is 1. The summed E-state index contributed by atoms with van der Waals surface area (Å²) in [5.74, 6) is 0.840. The zero-order chi connectivity index (χ0) is 15.5. The standard InChI is InChI=1S/C17H26N2O2S/c1-3-21-12(2)16-18-14(11-22-16)17(20)19-10-6-9-15(19)13-7-4-5-8-13/h11-13,15H,3-10H2,1-2H3/t12-,15-/m0/s1. The molecule has 1 amide bonds. The van der Waals surface area contributed by atoms with E-state index in [-0.39, 0.29) is 12.0 Å². The summed E-state index contributed by atoms with van der Waals surface area (Å²) in [5, 5.41) is 2.80. The van der Waals surface area contributed by atoms with Gasteiger partial charge in [0.05, 0.1) is 0 Å². The van der Waals surface area contributed by atoms with Crippen LogP contribution in [0.2, 0.25) is 0 Å². The second-order valence-electron chi connectivity index (χ2n) is 6.42. The van der Waals surface area contributed by atoms with Crippen molar-refractivity contribution in [3.05, 3.63) is 16.1 Å². The number of likely N-dealkylation sites (tertiary alicyclic amines) is 1. The van der Waals surface area contributed by atoms with Crippen molar-refractivity contribution in [2.24, 2.45) is 5.92 Å². The monoisotopic (exact) mass is 322 g/mol. The molecule has 1 saturated heterocycles. The quantitative estimate of drug-likeness (QED) is 0.822. The Balaban J connectivity index is 1.70. The minimum Gasteiger partial charge on any atom is -0.372 e. The summed E-state index contributed by atoms with van der Waals surface area (Å²) in [4.78, 5) is 19.5. The van der Waals surface area contributed by atoms with Gasteiger partial charge in [0.1, 0.15) is 16.8 Å². The summed E-state index contributed by atoms with van der Waals surface area (Å²) in [6.07, 6.45) is 7.52.